The van der Waals surface area contributed by atoms with Crippen molar-refractivity contribution in [1.29, 1.82) is 0 Å². The van der Waals surface area contributed by atoms with Crippen LogP contribution in [-0.2, 0) is 11.0 Å². The molecular formula is C8H13O3P. The van der Waals surface area contributed by atoms with Gasteiger partial charge in [-0.25, -0.2) is 0 Å². The van der Waals surface area contributed by atoms with Gasteiger partial charge in [-0.3, -0.25) is 4.57 Å². The minimum absolute atomic E-state index is 1.14. The summed E-state index contributed by atoms with van der Waals surface area (Å²) in [6.07, 6.45) is 1.14. The molecule has 0 heterocycles. The average Bonchev–Trinajstić information content (AvgIpc) is 2.05. The van der Waals surface area contributed by atoms with E-state index in [-0.39, 0.29) is 0 Å². The van der Waals surface area contributed by atoms with Crippen LogP contribution in [-0.4, -0.2) is 9.79 Å². The number of rotatable bonds is 1. The van der Waals surface area contributed by atoms with E-state index in [0.29, 0.717) is 0 Å². The van der Waals surface area contributed by atoms with E-state index < -0.39 is 8.25 Å². The first-order valence-electron chi connectivity index (χ1n) is 3.62. The number of hydrogen-bond donors (Lipinski definition) is 2. The molecule has 0 saturated carbocycles. The van der Waals surface area contributed by atoms with Gasteiger partial charge in [0, 0.05) is 0 Å². The van der Waals surface area contributed by atoms with Gasteiger partial charge in [0.1, 0.15) is 0 Å². The van der Waals surface area contributed by atoms with Gasteiger partial charge in [-0.2, -0.15) is 0 Å². The van der Waals surface area contributed by atoms with Gasteiger partial charge < -0.3 is 9.79 Å². The number of aryl methyl sites for hydroxylation is 1. The zero-order valence-electron chi connectivity index (χ0n) is 6.90. The summed E-state index contributed by atoms with van der Waals surface area (Å²) in [4.78, 5) is 14.3. The highest BCUT2D eigenvalue weighted by Crippen LogP contribution is 1.98. The summed E-state index contributed by atoms with van der Waals surface area (Å²) in [5.41, 5.74) is 1.41. The van der Waals surface area contributed by atoms with E-state index in [9.17, 15) is 0 Å². The van der Waals surface area contributed by atoms with E-state index in [2.05, 4.69) is 31.2 Å². The van der Waals surface area contributed by atoms with Crippen molar-refractivity contribution in [3.8, 4) is 0 Å². The van der Waals surface area contributed by atoms with Gasteiger partial charge in [0.05, 0.1) is 0 Å². The van der Waals surface area contributed by atoms with Gasteiger partial charge in [-0.1, -0.05) is 37.3 Å². The van der Waals surface area contributed by atoms with Gasteiger partial charge in [0.15, 0.2) is 0 Å². The van der Waals surface area contributed by atoms with Crippen LogP contribution in [0, 0.1) is 0 Å². The van der Waals surface area contributed by atoms with E-state index in [4.69, 9.17) is 14.4 Å². The fourth-order valence-corrected chi connectivity index (χ4v) is 0.714. The molecule has 0 amide bonds. The molecule has 4 heteroatoms. The Morgan fingerprint density at radius 2 is 1.67 bits per heavy atom. The Balaban J connectivity index is 0.000000261. The zero-order chi connectivity index (χ0) is 9.40. The molecule has 0 radical (unpaired) electrons. The second-order valence-electron chi connectivity index (χ2n) is 2.12. The third kappa shape index (κ3) is 7.48. The van der Waals surface area contributed by atoms with E-state index in [0.717, 1.165) is 6.42 Å². The first-order valence-corrected chi connectivity index (χ1v) is 4.93. The summed E-state index contributed by atoms with van der Waals surface area (Å²) in [5.74, 6) is 0. The lowest BCUT2D eigenvalue weighted by Crippen LogP contribution is -1.73. The molecule has 2 N–H and O–H groups in total. The van der Waals surface area contributed by atoms with E-state index in [1.165, 1.54) is 5.56 Å². The van der Waals surface area contributed by atoms with Crippen LogP contribution in [0.1, 0.15) is 12.5 Å². The van der Waals surface area contributed by atoms with Crippen molar-refractivity contribution in [2.24, 2.45) is 0 Å². The summed E-state index contributed by atoms with van der Waals surface area (Å²) < 4.78 is 8.74. The van der Waals surface area contributed by atoms with Gasteiger partial charge in [0.2, 0.25) is 0 Å². The molecule has 1 aromatic carbocycles. The molecule has 0 aliphatic carbocycles. The Hall–Kier alpha value is -0.630. The summed E-state index contributed by atoms with van der Waals surface area (Å²) in [5, 5.41) is 0. The first-order chi connectivity index (χ1) is 5.66. The standard InChI is InChI=1S/C8H10.H3O3P/c1-2-8-6-4-3-5-7-8;1-4(2)3/h3-7H,2H2,1H3;4H,(H2,1,2,3). The normalized spacial score (nSPS) is 9.00. The van der Waals surface area contributed by atoms with Crippen molar-refractivity contribution in [3.63, 3.8) is 0 Å². The zero-order valence-corrected chi connectivity index (χ0v) is 7.90. The molecule has 0 atom stereocenters. The lowest BCUT2D eigenvalue weighted by Gasteiger charge is -1.89. The molecule has 0 spiro atoms. The van der Waals surface area contributed by atoms with E-state index in [1.54, 1.807) is 0 Å². The Morgan fingerprint density at radius 3 is 1.92 bits per heavy atom. The molecule has 3 nitrogen and oxygen atoms in total. The quantitative estimate of drug-likeness (QED) is 0.658. The predicted molar refractivity (Wildman–Crippen MR) is 49.3 cm³/mol. The van der Waals surface area contributed by atoms with Crippen LogP contribution in [0.15, 0.2) is 30.3 Å². The maximum atomic E-state index is 8.74. The summed E-state index contributed by atoms with van der Waals surface area (Å²) in [7, 11) is -3.13. The van der Waals surface area contributed by atoms with Crippen LogP contribution in [0.3, 0.4) is 0 Å². The van der Waals surface area contributed by atoms with Crippen molar-refractivity contribution in [1.82, 2.24) is 0 Å². The smallest absolute Gasteiger partial charge is 0.314 e. The molecule has 0 aliphatic rings. The van der Waals surface area contributed by atoms with E-state index >= 15 is 0 Å². The van der Waals surface area contributed by atoms with Crippen molar-refractivity contribution in [2.45, 2.75) is 13.3 Å². The third-order valence-corrected chi connectivity index (χ3v) is 1.25. The fraction of sp³-hybridized carbons (Fsp3) is 0.250. The maximum absolute atomic E-state index is 8.74. The Kier molecular flexibility index (Phi) is 6.67. The second-order valence-corrected chi connectivity index (χ2v) is 2.69. The fourth-order valence-electron chi connectivity index (χ4n) is 0.714. The molecule has 0 unspecified atom stereocenters. The molecule has 0 aliphatic heterocycles. The van der Waals surface area contributed by atoms with E-state index in [1.807, 2.05) is 6.07 Å². The highest BCUT2D eigenvalue weighted by Gasteiger charge is 1.79. The SMILES string of the molecule is CCc1ccccc1.O=[PH](O)O. The Bertz CT molecular complexity index is 219. The highest BCUT2D eigenvalue weighted by atomic mass is 31.1. The van der Waals surface area contributed by atoms with Crippen LogP contribution < -0.4 is 0 Å². The van der Waals surface area contributed by atoms with Gasteiger partial charge in [-0.05, 0) is 12.0 Å². The largest absolute Gasteiger partial charge is 0.326 e. The van der Waals surface area contributed by atoms with Crippen LogP contribution in [0.2, 0.25) is 0 Å². The lowest BCUT2D eigenvalue weighted by molar-refractivity contribution is 0.405. The molecule has 0 saturated heterocycles. The molecule has 0 aromatic heterocycles. The van der Waals surface area contributed by atoms with Crippen molar-refractivity contribution < 1.29 is 14.4 Å². The molecular weight excluding hydrogens is 175 g/mol. The van der Waals surface area contributed by atoms with Gasteiger partial charge in [-0.15, -0.1) is 0 Å². The molecule has 12 heavy (non-hydrogen) atoms. The molecule has 1 rings (SSSR count). The first kappa shape index (κ1) is 11.4. The minimum Gasteiger partial charge on any atom is -0.326 e. The minimum atomic E-state index is -3.13. The molecule has 0 bridgehead atoms. The average molecular weight is 188 g/mol. The molecule has 68 valence electrons. The van der Waals surface area contributed by atoms with Crippen molar-refractivity contribution in [3.05, 3.63) is 35.9 Å². The monoisotopic (exact) mass is 188 g/mol. The second kappa shape index (κ2) is 7.04. The topological polar surface area (TPSA) is 57.5 Å². The predicted octanol–water partition coefficient (Wildman–Crippen LogP) is 1.61. The van der Waals surface area contributed by atoms with Crippen LogP contribution in [0.25, 0.3) is 0 Å². The summed E-state index contributed by atoms with van der Waals surface area (Å²) >= 11 is 0. The van der Waals surface area contributed by atoms with Crippen LogP contribution in [0.5, 0.6) is 0 Å². The van der Waals surface area contributed by atoms with Crippen LogP contribution >= 0.6 is 8.25 Å². The number of benzene rings is 1. The highest BCUT2D eigenvalue weighted by molar-refractivity contribution is 7.30. The summed E-state index contributed by atoms with van der Waals surface area (Å²) in [6.45, 7) is 2.16. The van der Waals surface area contributed by atoms with Gasteiger partial charge >= 0.3 is 8.25 Å². The Labute approximate surface area is 72.6 Å². The van der Waals surface area contributed by atoms with Crippen LogP contribution in [0.4, 0.5) is 0 Å². The van der Waals surface area contributed by atoms with Gasteiger partial charge in [0.25, 0.3) is 0 Å². The number of hydrogen-bond acceptors (Lipinski definition) is 1. The summed E-state index contributed by atoms with van der Waals surface area (Å²) in [6, 6.07) is 10.5. The Morgan fingerprint density at radius 1 is 1.25 bits per heavy atom. The molecule has 1 aromatic rings. The van der Waals surface area contributed by atoms with Crippen molar-refractivity contribution in [2.75, 3.05) is 0 Å². The third-order valence-electron chi connectivity index (χ3n) is 1.25. The molecule has 0 fully saturated rings. The maximum Gasteiger partial charge on any atom is 0.314 e. The van der Waals surface area contributed by atoms with Crippen molar-refractivity contribution >= 4 is 8.25 Å². The lowest BCUT2D eigenvalue weighted by atomic mass is 10.2.